The van der Waals surface area contributed by atoms with Crippen LogP contribution in [0.3, 0.4) is 0 Å². The molecule has 1 aromatic carbocycles. The second-order valence-corrected chi connectivity index (χ2v) is 7.47. The minimum atomic E-state index is -1.19. The summed E-state index contributed by atoms with van der Waals surface area (Å²) in [6.07, 6.45) is 3.94. The number of aromatic carboxylic acids is 1. The Morgan fingerprint density at radius 3 is 2.67 bits per heavy atom. The summed E-state index contributed by atoms with van der Waals surface area (Å²) in [6.45, 7) is 6.24. The van der Waals surface area contributed by atoms with Gasteiger partial charge in [-0.3, -0.25) is 4.79 Å². The molecule has 0 fully saturated rings. The molecule has 0 bridgehead atoms. The SMILES string of the molecule is Cc1cc2c(cc1-c1ccco1)CC(C(C)C)n1cc(C(=O)O)c(=O)cc1-2. The average Bonchev–Trinajstić information content (AvgIpc) is 3.14. The van der Waals surface area contributed by atoms with Crippen molar-refractivity contribution in [3.63, 3.8) is 0 Å². The standard InChI is InChI=1S/C22H21NO4/c1-12(2)18-9-14-8-15(21-5-4-6-27-21)13(3)7-16(14)19-10-20(24)17(22(25)26)11-23(18)19/h4-8,10-12,18H,9H2,1-3H3,(H,25,26). The molecule has 0 spiro atoms. The first-order valence-electron chi connectivity index (χ1n) is 9.04. The Balaban J connectivity index is 1.97. The Morgan fingerprint density at radius 2 is 2.04 bits per heavy atom. The number of rotatable bonds is 3. The Kier molecular flexibility index (Phi) is 4.02. The molecular formula is C22H21NO4. The van der Waals surface area contributed by atoms with Crippen molar-refractivity contribution in [1.82, 2.24) is 4.57 Å². The number of pyridine rings is 1. The molecule has 1 aliphatic rings. The minimum Gasteiger partial charge on any atom is -0.477 e. The first-order chi connectivity index (χ1) is 12.9. The van der Waals surface area contributed by atoms with Crippen molar-refractivity contribution in [1.29, 1.82) is 0 Å². The highest BCUT2D eigenvalue weighted by Crippen LogP contribution is 2.40. The first kappa shape index (κ1) is 17.3. The lowest BCUT2D eigenvalue weighted by atomic mass is 9.85. The monoisotopic (exact) mass is 363 g/mol. The van der Waals surface area contributed by atoms with Crippen molar-refractivity contribution in [2.45, 2.75) is 33.2 Å². The third-order valence-electron chi connectivity index (χ3n) is 5.38. The molecule has 0 radical (unpaired) electrons. The number of carboxylic acids is 1. The van der Waals surface area contributed by atoms with Gasteiger partial charge in [-0.25, -0.2) is 4.79 Å². The molecule has 5 nitrogen and oxygen atoms in total. The molecule has 1 atom stereocenters. The number of hydrogen-bond donors (Lipinski definition) is 1. The summed E-state index contributed by atoms with van der Waals surface area (Å²) in [5.41, 5.74) is 4.35. The zero-order chi connectivity index (χ0) is 19.3. The van der Waals surface area contributed by atoms with Gasteiger partial charge in [0.05, 0.1) is 12.0 Å². The molecule has 138 valence electrons. The molecule has 1 N–H and O–H groups in total. The van der Waals surface area contributed by atoms with Crippen LogP contribution in [0.1, 0.15) is 41.4 Å². The molecule has 3 aromatic rings. The van der Waals surface area contributed by atoms with Gasteiger partial charge in [0.2, 0.25) is 0 Å². The van der Waals surface area contributed by atoms with Gasteiger partial charge in [-0.1, -0.05) is 13.8 Å². The molecule has 1 unspecified atom stereocenters. The molecule has 1 aliphatic heterocycles. The maximum atomic E-state index is 12.3. The van der Waals surface area contributed by atoms with Crippen LogP contribution in [0, 0.1) is 12.8 Å². The van der Waals surface area contributed by atoms with Gasteiger partial charge in [0.25, 0.3) is 0 Å². The van der Waals surface area contributed by atoms with Crippen LogP contribution in [0.5, 0.6) is 0 Å². The van der Waals surface area contributed by atoms with E-state index in [2.05, 4.69) is 26.0 Å². The van der Waals surface area contributed by atoms with Gasteiger partial charge in [-0.15, -0.1) is 0 Å². The molecule has 27 heavy (non-hydrogen) atoms. The molecule has 0 amide bonds. The maximum absolute atomic E-state index is 12.3. The molecule has 0 saturated heterocycles. The van der Waals surface area contributed by atoms with Crippen molar-refractivity contribution in [3.8, 4) is 22.6 Å². The second kappa shape index (κ2) is 6.27. The topological polar surface area (TPSA) is 72.4 Å². The number of fused-ring (bicyclic) bond motifs is 3. The van der Waals surface area contributed by atoms with E-state index in [0.29, 0.717) is 0 Å². The van der Waals surface area contributed by atoms with Crippen LogP contribution in [-0.4, -0.2) is 15.6 Å². The van der Waals surface area contributed by atoms with Crippen molar-refractivity contribution in [3.05, 3.63) is 69.7 Å². The van der Waals surface area contributed by atoms with E-state index in [-0.39, 0.29) is 17.5 Å². The predicted molar refractivity (Wildman–Crippen MR) is 103 cm³/mol. The van der Waals surface area contributed by atoms with E-state index in [1.54, 1.807) is 6.26 Å². The van der Waals surface area contributed by atoms with E-state index >= 15 is 0 Å². The molecule has 5 heteroatoms. The zero-order valence-electron chi connectivity index (χ0n) is 15.5. The van der Waals surface area contributed by atoms with Gasteiger partial charge in [0, 0.05) is 29.4 Å². The largest absolute Gasteiger partial charge is 0.477 e. The van der Waals surface area contributed by atoms with E-state index in [0.717, 1.165) is 40.1 Å². The molecule has 2 aromatic heterocycles. The highest BCUT2D eigenvalue weighted by atomic mass is 16.4. The van der Waals surface area contributed by atoms with Crippen LogP contribution in [0.25, 0.3) is 22.6 Å². The van der Waals surface area contributed by atoms with Gasteiger partial charge in [-0.05, 0) is 54.7 Å². The van der Waals surface area contributed by atoms with Gasteiger partial charge < -0.3 is 14.1 Å². The van der Waals surface area contributed by atoms with E-state index in [9.17, 15) is 14.7 Å². The summed E-state index contributed by atoms with van der Waals surface area (Å²) in [7, 11) is 0. The van der Waals surface area contributed by atoms with E-state index in [1.165, 1.54) is 12.3 Å². The summed E-state index contributed by atoms with van der Waals surface area (Å²) in [6, 6.07) is 9.55. The highest BCUT2D eigenvalue weighted by Gasteiger charge is 2.28. The number of nitrogens with zero attached hydrogens (tertiary/aromatic N) is 1. The second-order valence-electron chi connectivity index (χ2n) is 7.47. The van der Waals surface area contributed by atoms with Crippen LogP contribution in [0.2, 0.25) is 0 Å². The van der Waals surface area contributed by atoms with Crippen LogP contribution in [0.4, 0.5) is 0 Å². The maximum Gasteiger partial charge on any atom is 0.341 e. The zero-order valence-corrected chi connectivity index (χ0v) is 15.5. The third kappa shape index (κ3) is 2.79. The number of benzene rings is 1. The smallest absolute Gasteiger partial charge is 0.341 e. The van der Waals surface area contributed by atoms with Crippen molar-refractivity contribution < 1.29 is 14.3 Å². The van der Waals surface area contributed by atoms with Crippen LogP contribution < -0.4 is 5.43 Å². The van der Waals surface area contributed by atoms with Gasteiger partial charge in [0.15, 0.2) is 5.43 Å². The number of carbonyl (C=O) groups is 1. The minimum absolute atomic E-state index is 0.0818. The number of furan rings is 1. The Labute approximate surface area is 156 Å². The molecule has 4 rings (SSSR count). The highest BCUT2D eigenvalue weighted by molar-refractivity contribution is 5.88. The lowest BCUT2D eigenvalue weighted by Gasteiger charge is -2.33. The number of aryl methyl sites for hydroxylation is 1. The van der Waals surface area contributed by atoms with Crippen LogP contribution >= 0.6 is 0 Å². The first-order valence-corrected chi connectivity index (χ1v) is 9.04. The summed E-state index contributed by atoms with van der Waals surface area (Å²) < 4.78 is 7.54. The van der Waals surface area contributed by atoms with Crippen LogP contribution in [0.15, 0.2) is 52.0 Å². The molecule has 3 heterocycles. The predicted octanol–water partition coefficient (Wildman–Crippen LogP) is 4.54. The summed E-state index contributed by atoms with van der Waals surface area (Å²) in [5, 5.41) is 9.35. The molecule has 0 aliphatic carbocycles. The average molecular weight is 363 g/mol. The van der Waals surface area contributed by atoms with E-state index in [4.69, 9.17) is 4.42 Å². The number of hydrogen-bond acceptors (Lipinski definition) is 3. The van der Waals surface area contributed by atoms with Crippen molar-refractivity contribution in [2.75, 3.05) is 0 Å². The third-order valence-corrected chi connectivity index (χ3v) is 5.38. The number of carboxylic acid groups (broad SMARTS) is 1. The van der Waals surface area contributed by atoms with Gasteiger partial charge >= 0.3 is 5.97 Å². The van der Waals surface area contributed by atoms with E-state index in [1.807, 2.05) is 23.6 Å². The fourth-order valence-corrected chi connectivity index (χ4v) is 3.94. The van der Waals surface area contributed by atoms with Crippen LogP contribution in [-0.2, 0) is 6.42 Å². The fourth-order valence-electron chi connectivity index (χ4n) is 3.94. The molecular weight excluding hydrogens is 342 g/mol. The normalized spacial score (nSPS) is 15.5. The quantitative estimate of drug-likeness (QED) is 0.742. The summed E-state index contributed by atoms with van der Waals surface area (Å²) in [4.78, 5) is 23.8. The summed E-state index contributed by atoms with van der Waals surface area (Å²) in [5.74, 6) is -0.0806. The lowest BCUT2D eigenvalue weighted by Crippen LogP contribution is -2.28. The van der Waals surface area contributed by atoms with Crippen molar-refractivity contribution in [2.24, 2.45) is 5.92 Å². The summed E-state index contributed by atoms with van der Waals surface area (Å²) >= 11 is 0. The van der Waals surface area contributed by atoms with E-state index < -0.39 is 11.4 Å². The van der Waals surface area contributed by atoms with Gasteiger partial charge in [-0.2, -0.15) is 0 Å². The van der Waals surface area contributed by atoms with Crippen molar-refractivity contribution >= 4 is 5.97 Å². The number of aromatic nitrogens is 1. The fraction of sp³-hybridized carbons (Fsp3) is 0.273. The molecule has 0 saturated carbocycles. The van der Waals surface area contributed by atoms with Gasteiger partial charge in [0.1, 0.15) is 11.3 Å². The lowest BCUT2D eigenvalue weighted by molar-refractivity contribution is 0.0694. The Morgan fingerprint density at radius 1 is 1.26 bits per heavy atom. The Bertz CT molecular complexity index is 1090. The Hall–Kier alpha value is -3.08.